The number of anilines is 1. The monoisotopic (exact) mass is 416 g/mol. The Morgan fingerprint density at radius 1 is 1.07 bits per heavy atom. The quantitative estimate of drug-likeness (QED) is 0.703. The highest BCUT2D eigenvalue weighted by Crippen LogP contribution is 2.29. The maximum Gasteiger partial charge on any atom is 0.239 e. The molecule has 2 fully saturated rings. The van der Waals surface area contributed by atoms with E-state index in [2.05, 4.69) is 27.2 Å². The van der Waals surface area contributed by atoms with Crippen LogP contribution in [0.15, 0.2) is 24.3 Å². The van der Waals surface area contributed by atoms with Crippen LogP contribution in [0, 0.1) is 0 Å². The van der Waals surface area contributed by atoms with Crippen molar-refractivity contribution in [3.63, 3.8) is 0 Å². The minimum atomic E-state index is -0.0522. The predicted octanol–water partition coefficient (Wildman–Crippen LogP) is 2.11. The standard InChI is InChI=1S/C23H36N4O3/c1-19(2)30-21-9-6-5-8-20(21)26-16-14-25(15-17-26)13-11-24-22(28)18-27-12-7-3-4-10-23(27)29/h5-6,8-9,19H,3-4,7,10-18H2,1-2H3,(H,24,28). The number of piperazine rings is 1. The highest BCUT2D eigenvalue weighted by molar-refractivity contribution is 5.84. The molecule has 3 rings (SSSR count). The van der Waals surface area contributed by atoms with Crippen molar-refractivity contribution in [2.45, 2.75) is 45.6 Å². The molecule has 0 radical (unpaired) electrons. The van der Waals surface area contributed by atoms with Crippen molar-refractivity contribution in [2.24, 2.45) is 0 Å². The zero-order chi connectivity index (χ0) is 21.3. The summed E-state index contributed by atoms with van der Waals surface area (Å²) in [5.74, 6) is 1.00. The number of nitrogens with zero attached hydrogens (tertiary/aromatic N) is 3. The van der Waals surface area contributed by atoms with Crippen molar-refractivity contribution in [1.29, 1.82) is 0 Å². The topological polar surface area (TPSA) is 65.1 Å². The first kappa shape index (κ1) is 22.4. The van der Waals surface area contributed by atoms with Gasteiger partial charge in [-0.05, 0) is 38.8 Å². The molecule has 0 bridgehead atoms. The van der Waals surface area contributed by atoms with E-state index in [0.29, 0.717) is 19.5 Å². The number of para-hydroxylation sites is 2. The fourth-order valence-electron chi connectivity index (χ4n) is 4.07. The van der Waals surface area contributed by atoms with E-state index >= 15 is 0 Å². The summed E-state index contributed by atoms with van der Waals surface area (Å²) in [4.78, 5) is 30.7. The first-order valence-corrected chi connectivity index (χ1v) is 11.3. The van der Waals surface area contributed by atoms with E-state index in [-0.39, 0.29) is 24.5 Å². The summed E-state index contributed by atoms with van der Waals surface area (Å²) in [6.07, 6.45) is 3.74. The Labute approximate surface area is 180 Å². The number of nitrogens with one attached hydrogen (secondary N) is 1. The highest BCUT2D eigenvalue weighted by atomic mass is 16.5. The third-order valence-corrected chi connectivity index (χ3v) is 5.70. The van der Waals surface area contributed by atoms with Crippen molar-refractivity contribution in [3.8, 4) is 5.75 Å². The average Bonchev–Trinajstić information content (AvgIpc) is 2.93. The molecule has 30 heavy (non-hydrogen) atoms. The Kier molecular flexibility index (Phi) is 8.37. The molecule has 7 heteroatoms. The van der Waals surface area contributed by atoms with Gasteiger partial charge in [-0.3, -0.25) is 14.5 Å². The molecule has 2 aliphatic rings. The summed E-state index contributed by atoms with van der Waals surface area (Å²) in [5, 5.41) is 2.98. The van der Waals surface area contributed by atoms with Gasteiger partial charge >= 0.3 is 0 Å². The number of ether oxygens (including phenoxy) is 1. The Balaban J connectivity index is 1.38. The van der Waals surface area contributed by atoms with Crippen LogP contribution >= 0.6 is 0 Å². The molecule has 1 N–H and O–H groups in total. The smallest absolute Gasteiger partial charge is 0.239 e. The van der Waals surface area contributed by atoms with Gasteiger partial charge in [-0.1, -0.05) is 18.6 Å². The van der Waals surface area contributed by atoms with E-state index in [1.54, 1.807) is 4.90 Å². The van der Waals surface area contributed by atoms with Gasteiger partial charge in [-0.15, -0.1) is 0 Å². The molecule has 7 nitrogen and oxygen atoms in total. The predicted molar refractivity (Wildman–Crippen MR) is 119 cm³/mol. The number of carbonyl (C=O) groups excluding carboxylic acids is 2. The summed E-state index contributed by atoms with van der Waals surface area (Å²) in [6.45, 7) is 10.2. The number of likely N-dealkylation sites (tertiary alicyclic amines) is 1. The summed E-state index contributed by atoms with van der Waals surface area (Å²) < 4.78 is 5.96. The summed E-state index contributed by atoms with van der Waals surface area (Å²) in [5.41, 5.74) is 1.15. The van der Waals surface area contributed by atoms with E-state index in [1.807, 2.05) is 26.0 Å². The van der Waals surface area contributed by atoms with Gasteiger partial charge in [-0.2, -0.15) is 0 Å². The molecule has 0 spiro atoms. The maximum atomic E-state index is 12.2. The molecule has 0 saturated carbocycles. The second-order valence-corrected chi connectivity index (χ2v) is 8.44. The lowest BCUT2D eigenvalue weighted by atomic mass is 10.2. The maximum absolute atomic E-state index is 12.2. The van der Waals surface area contributed by atoms with Crippen molar-refractivity contribution in [2.75, 3.05) is 57.3 Å². The first-order valence-electron chi connectivity index (χ1n) is 11.3. The number of hydrogen-bond acceptors (Lipinski definition) is 5. The molecule has 2 saturated heterocycles. The number of benzene rings is 1. The number of carbonyl (C=O) groups is 2. The molecule has 1 aromatic carbocycles. The summed E-state index contributed by atoms with van der Waals surface area (Å²) >= 11 is 0. The molecular weight excluding hydrogens is 380 g/mol. The molecule has 1 aromatic rings. The van der Waals surface area contributed by atoms with Crippen molar-refractivity contribution >= 4 is 17.5 Å². The fraction of sp³-hybridized carbons (Fsp3) is 0.652. The van der Waals surface area contributed by atoms with Crippen LogP contribution in [-0.4, -0.2) is 80.1 Å². The molecule has 0 aliphatic carbocycles. The minimum Gasteiger partial charge on any atom is -0.489 e. The molecule has 0 aromatic heterocycles. The lowest BCUT2D eigenvalue weighted by Gasteiger charge is -2.37. The van der Waals surface area contributed by atoms with Crippen LogP contribution in [0.4, 0.5) is 5.69 Å². The van der Waals surface area contributed by atoms with Gasteiger partial charge in [-0.25, -0.2) is 0 Å². The van der Waals surface area contributed by atoms with Gasteiger partial charge in [0, 0.05) is 52.2 Å². The van der Waals surface area contributed by atoms with Gasteiger partial charge in [0.15, 0.2) is 0 Å². The molecule has 0 unspecified atom stereocenters. The molecule has 166 valence electrons. The number of rotatable bonds is 8. The van der Waals surface area contributed by atoms with E-state index in [9.17, 15) is 9.59 Å². The second-order valence-electron chi connectivity index (χ2n) is 8.44. The van der Waals surface area contributed by atoms with Crippen LogP contribution in [0.5, 0.6) is 5.75 Å². The first-order chi connectivity index (χ1) is 14.5. The highest BCUT2D eigenvalue weighted by Gasteiger charge is 2.21. The second kappa shape index (κ2) is 11.2. The van der Waals surface area contributed by atoms with Crippen LogP contribution < -0.4 is 15.0 Å². The van der Waals surface area contributed by atoms with Crippen LogP contribution in [-0.2, 0) is 9.59 Å². The van der Waals surface area contributed by atoms with E-state index in [0.717, 1.165) is 63.4 Å². The van der Waals surface area contributed by atoms with Crippen LogP contribution in [0.1, 0.15) is 39.5 Å². The molecular formula is C23H36N4O3. The van der Waals surface area contributed by atoms with E-state index in [4.69, 9.17) is 4.74 Å². The van der Waals surface area contributed by atoms with E-state index < -0.39 is 0 Å². The van der Waals surface area contributed by atoms with Crippen LogP contribution in [0.2, 0.25) is 0 Å². The third kappa shape index (κ3) is 6.62. The Morgan fingerprint density at radius 2 is 1.83 bits per heavy atom. The SMILES string of the molecule is CC(C)Oc1ccccc1N1CCN(CCNC(=O)CN2CCCCCC2=O)CC1. The largest absolute Gasteiger partial charge is 0.489 e. The molecule has 0 atom stereocenters. The van der Waals surface area contributed by atoms with E-state index in [1.165, 1.54) is 0 Å². The molecule has 2 aliphatic heterocycles. The fourth-order valence-corrected chi connectivity index (χ4v) is 4.07. The summed E-state index contributed by atoms with van der Waals surface area (Å²) in [6, 6.07) is 8.23. The van der Waals surface area contributed by atoms with Gasteiger partial charge in [0.25, 0.3) is 0 Å². The van der Waals surface area contributed by atoms with Crippen molar-refractivity contribution in [3.05, 3.63) is 24.3 Å². The van der Waals surface area contributed by atoms with Gasteiger partial charge in [0.05, 0.1) is 18.3 Å². The lowest BCUT2D eigenvalue weighted by molar-refractivity contribution is -0.135. The van der Waals surface area contributed by atoms with Crippen LogP contribution in [0.25, 0.3) is 0 Å². The van der Waals surface area contributed by atoms with Crippen molar-refractivity contribution < 1.29 is 14.3 Å². The number of amides is 2. The normalized spacial score (nSPS) is 18.4. The average molecular weight is 417 g/mol. The third-order valence-electron chi connectivity index (χ3n) is 5.70. The Bertz CT molecular complexity index is 701. The summed E-state index contributed by atoms with van der Waals surface area (Å²) in [7, 11) is 0. The molecule has 2 amide bonds. The van der Waals surface area contributed by atoms with Gasteiger partial charge in [0.2, 0.25) is 11.8 Å². The number of hydrogen-bond donors (Lipinski definition) is 1. The van der Waals surface area contributed by atoms with Crippen LogP contribution in [0.3, 0.4) is 0 Å². The Morgan fingerprint density at radius 3 is 2.60 bits per heavy atom. The molecule has 2 heterocycles. The lowest BCUT2D eigenvalue weighted by Crippen LogP contribution is -2.49. The Hall–Kier alpha value is -2.28. The zero-order valence-corrected chi connectivity index (χ0v) is 18.4. The van der Waals surface area contributed by atoms with Gasteiger partial charge in [0.1, 0.15) is 5.75 Å². The van der Waals surface area contributed by atoms with Gasteiger partial charge < -0.3 is 19.9 Å². The minimum absolute atomic E-state index is 0.0522. The van der Waals surface area contributed by atoms with Crippen molar-refractivity contribution in [1.82, 2.24) is 15.1 Å². The zero-order valence-electron chi connectivity index (χ0n) is 18.4.